The monoisotopic (exact) mass is 139 g/mol. The van der Waals surface area contributed by atoms with Crippen molar-refractivity contribution in [3.05, 3.63) is 24.9 Å². The predicted molar refractivity (Wildman–Crippen MR) is 44.1 cm³/mol. The second kappa shape index (κ2) is 6.23. The summed E-state index contributed by atoms with van der Waals surface area (Å²) in [7, 11) is 0. The van der Waals surface area contributed by atoms with Crippen molar-refractivity contribution < 1.29 is 5.11 Å². The Morgan fingerprint density at radius 2 is 2.40 bits per heavy atom. The van der Waals surface area contributed by atoms with E-state index < -0.39 is 0 Å². The fourth-order valence-electron chi connectivity index (χ4n) is 0.615. The molecule has 0 atom stereocenters. The van der Waals surface area contributed by atoms with Crippen LogP contribution in [0, 0.1) is 0 Å². The largest absolute Gasteiger partial charge is 0.396 e. The smallest absolute Gasteiger partial charge is 0.0486 e. The highest BCUT2D eigenvalue weighted by molar-refractivity contribution is 5.95. The third-order valence-electron chi connectivity index (χ3n) is 0.984. The van der Waals surface area contributed by atoms with Crippen molar-refractivity contribution in [2.45, 2.75) is 13.3 Å². The van der Waals surface area contributed by atoms with Gasteiger partial charge in [-0.3, -0.25) is 4.99 Å². The summed E-state index contributed by atoms with van der Waals surface area (Å²) in [5, 5.41) is 8.54. The summed E-state index contributed by atoms with van der Waals surface area (Å²) in [6.45, 7) is 5.51. The molecule has 2 nitrogen and oxygen atoms in total. The number of allylic oxidation sites excluding steroid dienone is 2. The topological polar surface area (TPSA) is 32.6 Å². The van der Waals surface area contributed by atoms with Crippen molar-refractivity contribution in [1.29, 1.82) is 0 Å². The molecule has 0 rings (SSSR count). The van der Waals surface area contributed by atoms with Gasteiger partial charge in [-0.2, -0.15) is 0 Å². The van der Waals surface area contributed by atoms with Crippen LogP contribution in [0.25, 0.3) is 0 Å². The van der Waals surface area contributed by atoms with Gasteiger partial charge < -0.3 is 5.11 Å². The zero-order valence-corrected chi connectivity index (χ0v) is 6.25. The summed E-state index contributed by atoms with van der Waals surface area (Å²) in [5.41, 5.74) is 0.861. The summed E-state index contributed by atoms with van der Waals surface area (Å²) in [6.07, 6.45) is 5.82. The lowest BCUT2D eigenvalue weighted by molar-refractivity contribution is 0.307. The Labute approximate surface area is 61.6 Å². The van der Waals surface area contributed by atoms with Gasteiger partial charge in [0, 0.05) is 24.9 Å². The molecule has 0 fully saturated rings. The van der Waals surface area contributed by atoms with Crippen LogP contribution in [-0.4, -0.2) is 17.4 Å². The molecule has 0 aromatic carbocycles. The van der Waals surface area contributed by atoms with Gasteiger partial charge in [0.1, 0.15) is 0 Å². The van der Waals surface area contributed by atoms with Crippen molar-refractivity contribution in [3.63, 3.8) is 0 Å². The Kier molecular flexibility index (Phi) is 5.68. The standard InChI is InChI=1S/C8H13NO/c1-3-5-8(6-7-10)9-4-2/h3-5,10H,2,6-7H2,1H3/b5-3-,9-8+. The molecule has 0 aliphatic carbocycles. The number of aliphatic hydroxyl groups excluding tert-OH is 1. The molecule has 0 unspecified atom stereocenters. The van der Waals surface area contributed by atoms with E-state index >= 15 is 0 Å². The molecule has 1 N–H and O–H groups in total. The molecule has 0 radical (unpaired) electrons. The first-order valence-electron chi connectivity index (χ1n) is 3.26. The van der Waals surface area contributed by atoms with Gasteiger partial charge in [-0.15, -0.1) is 0 Å². The zero-order chi connectivity index (χ0) is 7.82. The lowest BCUT2D eigenvalue weighted by Gasteiger charge is -1.93. The van der Waals surface area contributed by atoms with Crippen molar-refractivity contribution in [1.82, 2.24) is 0 Å². The van der Waals surface area contributed by atoms with Crippen molar-refractivity contribution in [3.8, 4) is 0 Å². The Hall–Kier alpha value is -0.890. The number of nitrogens with zero attached hydrogens (tertiary/aromatic N) is 1. The molecule has 0 saturated carbocycles. The summed E-state index contributed by atoms with van der Waals surface area (Å²) < 4.78 is 0. The fraction of sp³-hybridized carbons (Fsp3) is 0.375. The van der Waals surface area contributed by atoms with E-state index in [1.165, 1.54) is 6.20 Å². The zero-order valence-electron chi connectivity index (χ0n) is 6.25. The van der Waals surface area contributed by atoms with Gasteiger partial charge in [0.25, 0.3) is 0 Å². The van der Waals surface area contributed by atoms with E-state index in [1.807, 2.05) is 19.1 Å². The predicted octanol–water partition coefficient (Wildman–Crippen LogP) is 1.53. The SMILES string of the molecule is C=C/N=C(\C=C/C)CCO. The van der Waals surface area contributed by atoms with Gasteiger partial charge >= 0.3 is 0 Å². The lowest BCUT2D eigenvalue weighted by atomic mass is 10.2. The summed E-state index contributed by atoms with van der Waals surface area (Å²) in [6, 6.07) is 0. The van der Waals surface area contributed by atoms with Crippen LogP contribution in [0.1, 0.15) is 13.3 Å². The maximum absolute atomic E-state index is 8.54. The molecular weight excluding hydrogens is 126 g/mol. The molecule has 2 heteroatoms. The van der Waals surface area contributed by atoms with Gasteiger partial charge in [0.15, 0.2) is 0 Å². The molecule has 0 aliphatic heterocycles. The number of rotatable bonds is 4. The van der Waals surface area contributed by atoms with Crippen LogP contribution in [0.3, 0.4) is 0 Å². The van der Waals surface area contributed by atoms with Crippen molar-refractivity contribution in [2.24, 2.45) is 4.99 Å². The second-order valence-corrected chi connectivity index (χ2v) is 1.78. The van der Waals surface area contributed by atoms with Crippen molar-refractivity contribution in [2.75, 3.05) is 6.61 Å². The van der Waals surface area contributed by atoms with Crippen LogP contribution >= 0.6 is 0 Å². The van der Waals surface area contributed by atoms with Gasteiger partial charge in [0.05, 0.1) is 0 Å². The summed E-state index contributed by atoms with van der Waals surface area (Å²) in [5.74, 6) is 0. The van der Waals surface area contributed by atoms with E-state index in [1.54, 1.807) is 0 Å². The van der Waals surface area contributed by atoms with Gasteiger partial charge in [0.2, 0.25) is 0 Å². The van der Waals surface area contributed by atoms with E-state index in [4.69, 9.17) is 5.11 Å². The maximum atomic E-state index is 8.54. The second-order valence-electron chi connectivity index (χ2n) is 1.78. The summed E-state index contributed by atoms with van der Waals surface area (Å²) in [4.78, 5) is 3.94. The van der Waals surface area contributed by atoms with Crippen LogP contribution < -0.4 is 0 Å². The van der Waals surface area contributed by atoms with E-state index in [0.29, 0.717) is 6.42 Å². The Morgan fingerprint density at radius 1 is 1.70 bits per heavy atom. The van der Waals surface area contributed by atoms with E-state index in [0.717, 1.165) is 5.71 Å². The van der Waals surface area contributed by atoms with Gasteiger partial charge in [-0.25, -0.2) is 0 Å². The van der Waals surface area contributed by atoms with Crippen LogP contribution in [0.5, 0.6) is 0 Å². The minimum Gasteiger partial charge on any atom is -0.396 e. The Morgan fingerprint density at radius 3 is 2.80 bits per heavy atom. The lowest BCUT2D eigenvalue weighted by Crippen LogP contribution is -1.95. The molecule has 0 aromatic rings. The normalized spacial score (nSPS) is 12.4. The van der Waals surface area contributed by atoms with Gasteiger partial charge in [-0.1, -0.05) is 12.7 Å². The van der Waals surface area contributed by atoms with Crippen LogP contribution in [0.4, 0.5) is 0 Å². The molecule has 0 saturated heterocycles. The van der Waals surface area contributed by atoms with E-state index in [-0.39, 0.29) is 6.61 Å². The highest BCUT2D eigenvalue weighted by atomic mass is 16.3. The quantitative estimate of drug-likeness (QED) is 0.588. The molecule has 0 amide bonds. The molecule has 10 heavy (non-hydrogen) atoms. The molecule has 0 spiro atoms. The van der Waals surface area contributed by atoms with E-state index in [2.05, 4.69) is 11.6 Å². The van der Waals surface area contributed by atoms with Crippen LogP contribution in [-0.2, 0) is 0 Å². The van der Waals surface area contributed by atoms with Crippen molar-refractivity contribution >= 4 is 5.71 Å². The van der Waals surface area contributed by atoms with Crippen LogP contribution in [0.15, 0.2) is 29.9 Å². The molecule has 56 valence electrons. The molecule has 0 aromatic heterocycles. The number of hydrogen-bond donors (Lipinski definition) is 1. The Bertz CT molecular complexity index is 147. The molecule has 0 bridgehead atoms. The van der Waals surface area contributed by atoms with Crippen LogP contribution in [0.2, 0.25) is 0 Å². The maximum Gasteiger partial charge on any atom is 0.0486 e. The average molecular weight is 139 g/mol. The first-order valence-corrected chi connectivity index (χ1v) is 3.26. The Balaban J connectivity index is 3.96. The highest BCUT2D eigenvalue weighted by Crippen LogP contribution is 1.89. The molecular formula is C8H13NO. The first-order chi connectivity index (χ1) is 4.85. The minimum atomic E-state index is 0.136. The average Bonchev–Trinajstić information content (AvgIpc) is 1.90. The highest BCUT2D eigenvalue weighted by Gasteiger charge is 1.88. The fourth-order valence-corrected chi connectivity index (χ4v) is 0.615. The molecule has 0 aliphatic rings. The molecule has 0 heterocycles. The number of aliphatic hydroxyl groups is 1. The third kappa shape index (κ3) is 4.04. The van der Waals surface area contributed by atoms with Gasteiger partial charge in [-0.05, 0) is 13.0 Å². The minimum absolute atomic E-state index is 0.136. The first kappa shape index (κ1) is 9.11. The van der Waals surface area contributed by atoms with E-state index in [9.17, 15) is 0 Å². The number of hydrogen-bond acceptors (Lipinski definition) is 2. The number of aliphatic imine (C=N–C) groups is 1. The third-order valence-corrected chi connectivity index (χ3v) is 0.984. The summed E-state index contributed by atoms with van der Waals surface area (Å²) >= 11 is 0.